The molecule has 0 spiro atoms. The Labute approximate surface area is 123 Å². The fourth-order valence-corrected chi connectivity index (χ4v) is 4.05. The molecule has 0 bridgehead atoms. The van der Waals surface area contributed by atoms with E-state index in [1.165, 1.54) is 6.42 Å². The topological polar surface area (TPSA) is 61.0 Å². The van der Waals surface area contributed by atoms with Gasteiger partial charge in [0.1, 0.15) is 0 Å². The lowest BCUT2D eigenvalue weighted by atomic mass is 9.96. The van der Waals surface area contributed by atoms with Crippen LogP contribution >= 0.6 is 11.8 Å². The van der Waals surface area contributed by atoms with E-state index in [0.717, 1.165) is 43.0 Å². The summed E-state index contributed by atoms with van der Waals surface area (Å²) in [6.45, 7) is 1.91. The molecule has 3 rings (SSSR count). The Kier molecular flexibility index (Phi) is 4.62. The molecule has 0 saturated carbocycles. The van der Waals surface area contributed by atoms with Gasteiger partial charge in [0, 0.05) is 48.8 Å². The number of hydrogen-bond acceptors (Lipinski definition) is 4. The van der Waals surface area contributed by atoms with Gasteiger partial charge in [-0.1, -0.05) is 0 Å². The summed E-state index contributed by atoms with van der Waals surface area (Å²) in [6.07, 6.45) is 7.76. The maximum atomic E-state index is 12.6. The van der Waals surface area contributed by atoms with Crippen LogP contribution in [0.1, 0.15) is 37.3 Å². The number of thioether (sulfide) groups is 1. The van der Waals surface area contributed by atoms with E-state index in [4.69, 9.17) is 0 Å². The van der Waals surface area contributed by atoms with Crippen molar-refractivity contribution in [3.63, 3.8) is 0 Å². The number of aromatic amines is 1. The first-order valence-corrected chi connectivity index (χ1v) is 8.59. The van der Waals surface area contributed by atoms with Gasteiger partial charge in [0.25, 0.3) is 0 Å². The minimum atomic E-state index is 0.214. The smallest absolute Gasteiger partial charge is 0.224 e. The summed E-state index contributed by atoms with van der Waals surface area (Å²) in [5.41, 5.74) is 1.14. The zero-order valence-corrected chi connectivity index (χ0v) is 12.5. The van der Waals surface area contributed by atoms with Gasteiger partial charge in [-0.25, -0.2) is 0 Å². The number of hydrogen-bond donors (Lipinski definition) is 2. The van der Waals surface area contributed by atoms with Crippen LogP contribution in [-0.4, -0.2) is 51.6 Å². The quantitative estimate of drug-likeness (QED) is 0.888. The predicted octanol–water partition coefficient (Wildman–Crippen LogP) is 1.56. The third-order valence-electron chi connectivity index (χ3n) is 4.15. The molecule has 2 N–H and O–H groups in total. The molecule has 0 radical (unpaired) electrons. The number of aromatic nitrogens is 2. The summed E-state index contributed by atoms with van der Waals surface area (Å²) < 4.78 is 0. The van der Waals surface area contributed by atoms with Crippen LogP contribution in [0, 0.1) is 0 Å². The van der Waals surface area contributed by atoms with E-state index in [-0.39, 0.29) is 11.9 Å². The highest BCUT2D eigenvalue weighted by molar-refractivity contribution is 7.99. The zero-order chi connectivity index (χ0) is 13.8. The molecular weight excluding hydrogens is 272 g/mol. The molecule has 1 aromatic rings. The molecular formula is C14H22N4OS. The molecule has 2 aliphatic rings. The molecule has 3 heterocycles. The van der Waals surface area contributed by atoms with Crippen LogP contribution in [0.5, 0.6) is 0 Å². The minimum absolute atomic E-state index is 0.214. The molecule has 2 atom stereocenters. The van der Waals surface area contributed by atoms with Gasteiger partial charge in [-0.2, -0.15) is 16.9 Å². The van der Waals surface area contributed by atoms with Gasteiger partial charge in [-0.3, -0.25) is 9.89 Å². The van der Waals surface area contributed by atoms with Gasteiger partial charge in [-0.15, -0.1) is 0 Å². The molecule has 1 aromatic heterocycles. The van der Waals surface area contributed by atoms with Crippen LogP contribution in [-0.2, 0) is 4.79 Å². The third kappa shape index (κ3) is 3.17. The van der Waals surface area contributed by atoms with Crippen molar-refractivity contribution in [1.29, 1.82) is 0 Å². The summed E-state index contributed by atoms with van der Waals surface area (Å²) in [5.74, 6) is 2.50. The molecule has 6 heteroatoms. The number of H-pyrrole nitrogens is 1. The molecule has 1 amide bonds. The van der Waals surface area contributed by atoms with Crippen molar-refractivity contribution in [3.05, 3.63) is 18.0 Å². The molecule has 2 saturated heterocycles. The lowest BCUT2D eigenvalue weighted by Gasteiger charge is -2.36. The van der Waals surface area contributed by atoms with E-state index >= 15 is 0 Å². The Balaban J connectivity index is 1.64. The summed E-state index contributed by atoms with van der Waals surface area (Å²) >= 11 is 1.94. The van der Waals surface area contributed by atoms with Crippen molar-refractivity contribution in [2.24, 2.45) is 0 Å². The predicted molar refractivity (Wildman–Crippen MR) is 80.6 cm³/mol. The lowest BCUT2D eigenvalue weighted by molar-refractivity contribution is -0.135. The molecule has 20 heavy (non-hydrogen) atoms. The maximum absolute atomic E-state index is 12.6. The monoisotopic (exact) mass is 294 g/mol. The molecule has 0 aromatic carbocycles. The fourth-order valence-electron chi connectivity index (χ4n) is 3.10. The number of amides is 1. The highest BCUT2D eigenvalue weighted by atomic mass is 32.2. The van der Waals surface area contributed by atoms with Gasteiger partial charge < -0.3 is 10.2 Å². The van der Waals surface area contributed by atoms with E-state index in [1.54, 1.807) is 0 Å². The Morgan fingerprint density at radius 3 is 3.20 bits per heavy atom. The van der Waals surface area contributed by atoms with E-state index in [9.17, 15) is 4.79 Å². The van der Waals surface area contributed by atoms with Crippen molar-refractivity contribution < 1.29 is 4.79 Å². The maximum Gasteiger partial charge on any atom is 0.224 e. The zero-order valence-electron chi connectivity index (χ0n) is 11.7. The van der Waals surface area contributed by atoms with Crippen LogP contribution in [0.4, 0.5) is 0 Å². The largest absolute Gasteiger partial charge is 0.335 e. The SMILES string of the molecule is O=C(CC1CSCCN1)N1CCCCC1c1cn[nH]c1. The number of carbonyl (C=O) groups is 1. The van der Waals surface area contributed by atoms with Crippen LogP contribution in [0.2, 0.25) is 0 Å². The Morgan fingerprint density at radius 2 is 2.45 bits per heavy atom. The number of piperidine rings is 1. The summed E-state index contributed by atoms with van der Waals surface area (Å²) in [4.78, 5) is 14.7. The fraction of sp³-hybridized carbons (Fsp3) is 0.714. The second kappa shape index (κ2) is 6.63. The summed E-state index contributed by atoms with van der Waals surface area (Å²) in [7, 11) is 0. The number of carbonyl (C=O) groups excluding carboxylic acids is 1. The van der Waals surface area contributed by atoms with Gasteiger partial charge in [0.15, 0.2) is 0 Å². The molecule has 0 aliphatic carbocycles. The normalized spacial score (nSPS) is 27.5. The minimum Gasteiger partial charge on any atom is -0.335 e. The lowest BCUT2D eigenvalue weighted by Crippen LogP contribution is -2.44. The second-order valence-corrected chi connectivity index (χ2v) is 6.71. The van der Waals surface area contributed by atoms with Crippen LogP contribution in [0.15, 0.2) is 12.4 Å². The van der Waals surface area contributed by atoms with Crippen LogP contribution in [0.3, 0.4) is 0 Å². The van der Waals surface area contributed by atoms with E-state index in [1.807, 2.05) is 24.2 Å². The number of nitrogens with zero attached hydrogens (tertiary/aromatic N) is 2. The molecule has 2 unspecified atom stereocenters. The van der Waals surface area contributed by atoms with E-state index in [2.05, 4.69) is 20.4 Å². The first-order chi connectivity index (χ1) is 9.84. The van der Waals surface area contributed by atoms with Crippen LogP contribution in [0.25, 0.3) is 0 Å². The van der Waals surface area contributed by atoms with Crippen molar-refractivity contribution in [2.45, 2.75) is 37.8 Å². The van der Waals surface area contributed by atoms with Gasteiger partial charge in [0.05, 0.1) is 12.2 Å². The average molecular weight is 294 g/mol. The van der Waals surface area contributed by atoms with E-state index in [0.29, 0.717) is 12.5 Å². The highest BCUT2D eigenvalue weighted by Gasteiger charge is 2.30. The average Bonchev–Trinajstić information content (AvgIpc) is 3.02. The first kappa shape index (κ1) is 13.9. The van der Waals surface area contributed by atoms with E-state index < -0.39 is 0 Å². The van der Waals surface area contributed by atoms with Crippen molar-refractivity contribution in [1.82, 2.24) is 20.4 Å². The third-order valence-corrected chi connectivity index (χ3v) is 5.28. The Morgan fingerprint density at radius 1 is 1.50 bits per heavy atom. The molecule has 2 fully saturated rings. The summed E-state index contributed by atoms with van der Waals surface area (Å²) in [5, 5.41) is 10.3. The standard InChI is InChI=1S/C14H22N4OS/c19-14(7-12-10-20-6-4-15-12)18-5-2-1-3-13(18)11-8-16-17-9-11/h8-9,12-13,15H,1-7,10H2,(H,16,17). The Hall–Kier alpha value is -1.01. The van der Waals surface area contributed by atoms with Crippen molar-refractivity contribution in [2.75, 3.05) is 24.6 Å². The van der Waals surface area contributed by atoms with Crippen molar-refractivity contribution in [3.8, 4) is 0 Å². The number of nitrogens with one attached hydrogen (secondary N) is 2. The highest BCUT2D eigenvalue weighted by Crippen LogP contribution is 2.31. The first-order valence-electron chi connectivity index (χ1n) is 7.44. The van der Waals surface area contributed by atoms with Crippen molar-refractivity contribution >= 4 is 17.7 Å². The number of rotatable bonds is 3. The number of likely N-dealkylation sites (tertiary alicyclic amines) is 1. The van der Waals surface area contributed by atoms with Gasteiger partial charge in [0.2, 0.25) is 5.91 Å². The second-order valence-electron chi connectivity index (χ2n) is 5.56. The molecule has 5 nitrogen and oxygen atoms in total. The molecule has 110 valence electrons. The van der Waals surface area contributed by atoms with Crippen LogP contribution < -0.4 is 5.32 Å². The van der Waals surface area contributed by atoms with Gasteiger partial charge >= 0.3 is 0 Å². The molecule has 2 aliphatic heterocycles. The summed E-state index contributed by atoms with van der Waals surface area (Å²) in [6, 6.07) is 0.555. The Bertz CT molecular complexity index is 430. The van der Waals surface area contributed by atoms with Gasteiger partial charge in [-0.05, 0) is 19.3 Å².